The molecule has 3 rings (SSSR count). The van der Waals surface area contributed by atoms with Crippen LogP contribution >= 0.6 is 0 Å². The third-order valence-electron chi connectivity index (χ3n) is 5.50. The molecule has 24 heavy (non-hydrogen) atoms. The molecule has 2 aromatic heterocycles. The first-order valence-electron chi connectivity index (χ1n) is 8.96. The van der Waals surface area contributed by atoms with Crippen LogP contribution in [0.1, 0.15) is 74.6 Å². The Morgan fingerprint density at radius 3 is 2.79 bits per heavy atom. The Hall–Kier alpha value is -1.91. The lowest BCUT2D eigenvalue weighted by Gasteiger charge is -2.34. The maximum Gasteiger partial charge on any atom is 0.259 e. The van der Waals surface area contributed by atoms with Crippen LogP contribution in [-0.4, -0.2) is 22.1 Å². The molecule has 3 unspecified atom stereocenters. The van der Waals surface area contributed by atoms with E-state index < -0.39 is 0 Å². The molecule has 1 aliphatic carbocycles. The number of amides is 1. The Bertz CT molecular complexity index is 750. The van der Waals surface area contributed by atoms with Crippen LogP contribution < -0.4 is 5.32 Å². The molecule has 1 aliphatic rings. The lowest BCUT2D eigenvalue weighted by molar-refractivity contribution is 0.0892. The van der Waals surface area contributed by atoms with E-state index >= 15 is 0 Å². The number of aromatic nitrogens is 2. The van der Waals surface area contributed by atoms with E-state index in [0.29, 0.717) is 28.8 Å². The minimum Gasteiger partial charge on any atom is -0.349 e. The second-order valence-electron chi connectivity index (χ2n) is 7.54. The number of carbonyl (C=O) groups excluding carboxylic acids is 1. The van der Waals surface area contributed by atoms with Gasteiger partial charge in [0.25, 0.3) is 11.6 Å². The van der Waals surface area contributed by atoms with Gasteiger partial charge in [-0.1, -0.05) is 45.7 Å². The Morgan fingerprint density at radius 2 is 2.08 bits per heavy atom. The van der Waals surface area contributed by atoms with Crippen molar-refractivity contribution in [3.63, 3.8) is 0 Å². The molecule has 0 bridgehead atoms. The summed E-state index contributed by atoms with van der Waals surface area (Å²) in [7, 11) is 0. The Kier molecular flexibility index (Phi) is 4.61. The number of fused-ring (bicyclic) bond motifs is 1. The number of nitrogens with one attached hydrogen (secondary N) is 1. The van der Waals surface area contributed by atoms with E-state index in [2.05, 4.69) is 43.2 Å². The standard InChI is InChI=1S/C19H27N3O2/c1-10(2)16-9-14(17-13(5)22-24-19(17)21-16)18(23)20-15-8-6-7-11(3)12(15)4/h9-12,15H,6-8H2,1-5H3,(H,20,23). The number of pyridine rings is 1. The Morgan fingerprint density at radius 1 is 1.33 bits per heavy atom. The fraction of sp³-hybridized carbons (Fsp3) is 0.632. The van der Waals surface area contributed by atoms with Crippen molar-refractivity contribution in [1.29, 1.82) is 0 Å². The van der Waals surface area contributed by atoms with Gasteiger partial charge in [-0.3, -0.25) is 4.79 Å². The lowest BCUT2D eigenvalue weighted by atomic mass is 9.78. The molecular formula is C19H27N3O2. The largest absolute Gasteiger partial charge is 0.349 e. The van der Waals surface area contributed by atoms with Gasteiger partial charge in [-0.2, -0.15) is 0 Å². The topological polar surface area (TPSA) is 68.0 Å². The van der Waals surface area contributed by atoms with Crippen LogP contribution in [0, 0.1) is 18.8 Å². The molecule has 0 radical (unpaired) electrons. The molecule has 0 aromatic carbocycles. The van der Waals surface area contributed by atoms with Gasteiger partial charge in [-0.15, -0.1) is 0 Å². The predicted octanol–water partition coefficient (Wildman–Crippen LogP) is 4.21. The summed E-state index contributed by atoms with van der Waals surface area (Å²) in [6.45, 7) is 10.5. The predicted molar refractivity (Wildman–Crippen MR) is 94.1 cm³/mol. The van der Waals surface area contributed by atoms with E-state index in [9.17, 15) is 4.79 Å². The van der Waals surface area contributed by atoms with Crippen molar-refractivity contribution in [2.45, 2.75) is 65.8 Å². The van der Waals surface area contributed by atoms with Crippen molar-refractivity contribution in [1.82, 2.24) is 15.5 Å². The van der Waals surface area contributed by atoms with Crippen molar-refractivity contribution < 1.29 is 9.32 Å². The first kappa shape index (κ1) is 16.9. The molecule has 2 aromatic rings. The van der Waals surface area contributed by atoms with Crippen molar-refractivity contribution in [2.75, 3.05) is 0 Å². The van der Waals surface area contributed by atoms with Crippen LogP contribution in [0.15, 0.2) is 10.6 Å². The SMILES string of the molecule is Cc1noc2nc(C(C)C)cc(C(=O)NC3CCCC(C)C3C)c12. The number of rotatable bonds is 3. The minimum atomic E-state index is -0.0402. The van der Waals surface area contributed by atoms with Gasteiger partial charge in [0.1, 0.15) is 0 Å². The maximum absolute atomic E-state index is 13.0. The molecule has 5 nitrogen and oxygen atoms in total. The molecule has 1 amide bonds. The van der Waals surface area contributed by atoms with Gasteiger partial charge in [0.05, 0.1) is 16.6 Å². The summed E-state index contributed by atoms with van der Waals surface area (Å²) in [6.07, 6.45) is 3.46. The van der Waals surface area contributed by atoms with Gasteiger partial charge in [-0.25, -0.2) is 4.98 Å². The van der Waals surface area contributed by atoms with Gasteiger partial charge in [0, 0.05) is 11.7 Å². The smallest absolute Gasteiger partial charge is 0.259 e. The quantitative estimate of drug-likeness (QED) is 0.916. The molecule has 1 saturated carbocycles. The van der Waals surface area contributed by atoms with Gasteiger partial charge in [-0.05, 0) is 37.2 Å². The minimum absolute atomic E-state index is 0.0402. The first-order chi connectivity index (χ1) is 11.4. The summed E-state index contributed by atoms with van der Waals surface area (Å²) in [5, 5.41) is 7.98. The average Bonchev–Trinajstić information content (AvgIpc) is 2.92. The van der Waals surface area contributed by atoms with E-state index in [1.54, 1.807) is 0 Å². The highest BCUT2D eigenvalue weighted by molar-refractivity contribution is 6.06. The van der Waals surface area contributed by atoms with Gasteiger partial charge in [0.15, 0.2) is 0 Å². The zero-order valence-corrected chi connectivity index (χ0v) is 15.2. The van der Waals surface area contributed by atoms with Gasteiger partial charge < -0.3 is 9.84 Å². The van der Waals surface area contributed by atoms with Crippen molar-refractivity contribution >= 4 is 17.0 Å². The number of carbonyl (C=O) groups is 1. The summed E-state index contributed by atoms with van der Waals surface area (Å²) in [5.41, 5.74) is 2.65. The second kappa shape index (κ2) is 6.54. The summed E-state index contributed by atoms with van der Waals surface area (Å²) in [6, 6.07) is 2.12. The van der Waals surface area contributed by atoms with Crippen molar-refractivity contribution in [3.05, 3.63) is 23.0 Å². The van der Waals surface area contributed by atoms with Crippen LogP contribution in [0.25, 0.3) is 11.1 Å². The van der Waals surface area contributed by atoms with Gasteiger partial charge >= 0.3 is 0 Å². The Balaban J connectivity index is 1.95. The van der Waals surface area contributed by atoms with Crippen molar-refractivity contribution in [2.24, 2.45) is 11.8 Å². The van der Waals surface area contributed by atoms with Crippen LogP contribution in [0.4, 0.5) is 0 Å². The van der Waals surface area contributed by atoms with E-state index in [-0.39, 0.29) is 17.9 Å². The maximum atomic E-state index is 13.0. The van der Waals surface area contributed by atoms with E-state index in [0.717, 1.165) is 17.5 Å². The highest BCUT2D eigenvalue weighted by Gasteiger charge is 2.29. The van der Waals surface area contributed by atoms with Crippen LogP contribution in [0.3, 0.4) is 0 Å². The van der Waals surface area contributed by atoms with Crippen molar-refractivity contribution in [3.8, 4) is 0 Å². The van der Waals surface area contributed by atoms with E-state index in [1.807, 2.05) is 13.0 Å². The summed E-state index contributed by atoms with van der Waals surface area (Å²) < 4.78 is 5.32. The normalized spacial score (nSPS) is 24.5. The molecule has 0 spiro atoms. The molecule has 2 heterocycles. The number of nitrogens with zero attached hydrogens (tertiary/aromatic N) is 2. The molecule has 1 N–H and O–H groups in total. The zero-order valence-electron chi connectivity index (χ0n) is 15.2. The monoisotopic (exact) mass is 329 g/mol. The molecule has 3 atom stereocenters. The highest BCUT2D eigenvalue weighted by atomic mass is 16.5. The number of hydrogen-bond acceptors (Lipinski definition) is 4. The van der Waals surface area contributed by atoms with Crippen LogP contribution in [0.2, 0.25) is 0 Å². The Labute approximate surface area is 143 Å². The average molecular weight is 329 g/mol. The van der Waals surface area contributed by atoms with Gasteiger partial charge in [0.2, 0.25) is 0 Å². The third-order valence-corrected chi connectivity index (χ3v) is 5.50. The highest BCUT2D eigenvalue weighted by Crippen LogP contribution is 2.30. The van der Waals surface area contributed by atoms with E-state index in [4.69, 9.17) is 4.52 Å². The molecule has 0 aliphatic heterocycles. The van der Waals surface area contributed by atoms with E-state index in [1.165, 1.54) is 12.8 Å². The number of hydrogen-bond donors (Lipinski definition) is 1. The van der Waals surface area contributed by atoms with Crippen LogP contribution in [0.5, 0.6) is 0 Å². The lowest BCUT2D eigenvalue weighted by Crippen LogP contribution is -2.43. The molecule has 0 saturated heterocycles. The molecule has 1 fully saturated rings. The molecular weight excluding hydrogens is 302 g/mol. The number of aryl methyl sites for hydroxylation is 1. The second-order valence-corrected chi connectivity index (χ2v) is 7.54. The zero-order chi connectivity index (χ0) is 17.4. The van der Waals surface area contributed by atoms with Crippen LogP contribution in [-0.2, 0) is 0 Å². The fourth-order valence-electron chi connectivity index (χ4n) is 3.62. The summed E-state index contributed by atoms with van der Waals surface area (Å²) in [4.78, 5) is 17.5. The third kappa shape index (κ3) is 3.04. The first-order valence-corrected chi connectivity index (χ1v) is 8.96. The summed E-state index contributed by atoms with van der Waals surface area (Å²) in [5.74, 6) is 1.32. The molecule has 130 valence electrons. The summed E-state index contributed by atoms with van der Waals surface area (Å²) >= 11 is 0. The molecule has 5 heteroatoms. The fourth-order valence-corrected chi connectivity index (χ4v) is 3.62.